The predicted octanol–water partition coefficient (Wildman–Crippen LogP) is 1.96. The van der Waals surface area contributed by atoms with Crippen LogP contribution in [0.1, 0.15) is 47.0 Å². The maximum Gasteiger partial charge on any atom is 0.230 e. The van der Waals surface area contributed by atoms with Crippen molar-refractivity contribution in [3.63, 3.8) is 0 Å². The number of amides is 1. The van der Waals surface area contributed by atoms with Crippen LogP contribution in [0.2, 0.25) is 0 Å². The molecule has 4 nitrogen and oxygen atoms in total. The first-order valence-electron chi connectivity index (χ1n) is 8.36. The molecule has 0 bridgehead atoms. The maximum atomic E-state index is 12.8. The Bertz CT molecular complexity index is 283. The zero-order valence-electron chi connectivity index (χ0n) is 13.9. The van der Waals surface area contributed by atoms with Gasteiger partial charge in [0.2, 0.25) is 5.91 Å². The lowest BCUT2D eigenvalue weighted by atomic mass is 9.82. The van der Waals surface area contributed by atoms with Gasteiger partial charge in [0, 0.05) is 19.6 Å². The Hall–Kier alpha value is -0.610. The molecule has 1 atom stereocenters. The monoisotopic (exact) mass is 283 g/mol. The lowest BCUT2D eigenvalue weighted by molar-refractivity contribution is -0.141. The lowest BCUT2D eigenvalue weighted by Crippen LogP contribution is -2.45. The summed E-state index contributed by atoms with van der Waals surface area (Å²) in [4.78, 5) is 17.3. The molecule has 4 heteroatoms. The normalized spacial score (nSPS) is 22.4. The summed E-state index contributed by atoms with van der Waals surface area (Å²) >= 11 is 0. The van der Waals surface area contributed by atoms with Gasteiger partial charge in [-0.1, -0.05) is 20.8 Å². The Kier molecular flexibility index (Phi) is 7.52. The van der Waals surface area contributed by atoms with Crippen molar-refractivity contribution in [2.75, 3.05) is 45.8 Å². The first-order valence-corrected chi connectivity index (χ1v) is 8.36. The van der Waals surface area contributed by atoms with Gasteiger partial charge in [0.15, 0.2) is 0 Å². The van der Waals surface area contributed by atoms with Crippen LogP contribution in [0, 0.1) is 5.41 Å². The highest BCUT2D eigenvalue weighted by molar-refractivity contribution is 5.83. The van der Waals surface area contributed by atoms with Crippen molar-refractivity contribution in [2.45, 2.75) is 47.0 Å². The number of nitrogens with zero attached hydrogens (tertiary/aromatic N) is 2. The van der Waals surface area contributed by atoms with Crippen LogP contribution in [0.15, 0.2) is 0 Å². The number of nitrogens with one attached hydrogen (secondary N) is 1. The molecule has 0 aliphatic carbocycles. The molecular weight excluding hydrogens is 250 g/mol. The molecule has 1 saturated heterocycles. The molecular formula is C16H33N3O. The molecule has 1 rings (SSSR count). The fourth-order valence-corrected chi connectivity index (χ4v) is 3.14. The summed E-state index contributed by atoms with van der Waals surface area (Å²) in [5.74, 6) is 0.368. The number of carbonyl (C=O) groups is 1. The van der Waals surface area contributed by atoms with Gasteiger partial charge in [-0.05, 0) is 52.4 Å². The molecule has 0 aromatic carbocycles. The fraction of sp³-hybridized carbons (Fsp3) is 0.938. The second kappa shape index (κ2) is 8.63. The van der Waals surface area contributed by atoms with Gasteiger partial charge in [-0.2, -0.15) is 0 Å². The fourth-order valence-electron chi connectivity index (χ4n) is 3.14. The van der Waals surface area contributed by atoms with E-state index in [9.17, 15) is 4.79 Å². The van der Waals surface area contributed by atoms with Gasteiger partial charge in [0.1, 0.15) is 0 Å². The number of carbonyl (C=O) groups excluding carboxylic acids is 1. The zero-order chi connectivity index (χ0) is 15.0. The smallest absolute Gasteiger partial charge is 0.230 e. The van der Waals surface area contributed by atoms with Gasteiger partial charge in [-0.3, -0.25) is 4.79 Å². The van der Waals surface area contributed by atoms with Gasteiger partial charge >= 0.3 is 0 Å². The molecule has 0 aromatic rings. The summed E-state index contributed by atoms with van der Waals surface area (Å²) in [5.41, 5.74) is -0.134. The van der Waals surface area contributed by atoms with E-state index in [1.54, 1.807) is 0 Å². The molecule has 1 unspecified atom stereocenters. The minimum absolute atomic E-state index is 0.134. The van der Waals surface area contributed by atoms with Crippen molar-refractivity contribution in [3.8, 4) is 0 Å². The van der Waals surface area contributed by atoms with Gasteiger partial charge < -0.3 is 15.1 Å². The highest BCUT2D eigenvalue weighted by Crippen LogP contribution is 2.31. The van der Waals surface area contributed by atoms with Gasteiger partial charge in [0.25, 0.3) is 0 Å². The van der Waals surface area contributed by atoms with Crippen LogP contribution in [0.25, 0.3) is 0 Å². The van der Waals surface area contributed by atoms with Crippen LogP contribution in [0.3, 0.4) is 0 Å². The van der Waals surface area contributed by atoms with E-state index < -0.39 is 0 Å². The standard InChI is InChI=1S/C16H33N3O/c1-5-16(10-11-17-14-16)15(20)19(8-4)13-9-12-18(6-2)7-3/h17H,5-14H2,1-4H3. The van der Waals surface area contributed by atoms with Crippen molar-refractivity contribution in [1.29, 1.82) is 0 Å². The summed E-state index contributed by atoms with van der Waals surface area (Å²) in [7, 11) is 0. The number of rotatable bonds is 9. The molecule has 1 aliphatic rings. The van der Waals surface area contributed by atoms with Gasteiger partial charge in [0.05, 0.1) is 5.41 Å². The highest BCUT2D eigenvalue weighted by atomic mass is 16.2. The zero-order valence-corrected chi connectivity index (χ0v) is 13.9. The van der Waals surface area contributed by atoms with E-state index >= 15 is 0 Å². The molecule has 0 spiro atoms. The van der Waals surface area contributed by atoms with Crippen molar-refractivity contribution in [2.24, 2.45) is 5.41 Å². The van der Waals surface area contributed by atoms with E-state index in [1.807, 2.05) is 0 Å². The van der Waals surface area contributed by atoms with E-state index in [4.69, 9.17) is 0 Å². The summed E-state index contributed by atoms with van der Waals surface area (Å²) in [6.07, 6.45) is 3.02. The SMILES string of the molecule is CCN(CC)CCCN(CC)C(=O)C1(CC)CCNC1. The van der Waals surface area contributed by atoms with E-state index in [0.29, 0.717) is 5.91 Å². The molecule has 0 aromatic heterocycles. The second-order valence-corrected chi connectivity index (χ2v) is 5.83. The van der Waals surface area contributed by atoms with Crippen LogP contribution < -0.4 is 5.32 Å². The van der Waals surface area contributed by atoms with Crippen molar-refractivity contribution in [1.82, 2.24) is 15.1 Å². The topological polar surface area (TPSA) is 35.6 Å². The third kappa shape index (κ3) is 4.19. The summed E-state index contributed by atoms with van der Waals surface area (Å²) in [5, 5.41) is 3.36. The average Bonchev–Trinajstić information content (AvgIpc) is 2.97. The molecule has 1 heterocycles. The Labute approximate surface area is 124 Å². The molecule has 1 N–H and O–H groups in total. The van der Waals surface area contributed by atoms with Crippen LogP contribution in [-0.2, 0) is 4.79 Å². The van der Waals surface area contributed by atoms with Gasteiger partial charge in [-0.25, -0.2) is 0 Å². The lowest BCUT2D eigenvalue weighted by Gasteiger charge is -2.33. The molecule has 118 valence electrons. The Morgan fingerprint density at radius 3 is 2.25 bits per heavy atom. The molecule has 1 amide bonds. The van der Waals surface area contributed by atoms with E-state index in [1.165, 1.54) is 0 Å². The van der Waals surface area contributed by atoms with Gasteiger partial charge in [-0.15, -0.1) is 0 Å². The molecule has 0 radical (unpaired) electrons. The average molecular weight is 283 g/mol. The van der Waals surface area contributed by atoms with Crippen molar-refractivity contribution in [3.05, 3.63) is 0 Å². The van der Waals surface area contributed by atoms with Crippen LogP contribution in [-0.4, -0.2) is 61.5 Å². The third-order valence-electron chi connectivity index (χ3n) is 4.84. The largest absolute Gasteiger partial charge is 0.342 e. The second-order valence-electron chi connectivity index (χ2n) is 5.83. The minimum Gasteiger partial charge on any atom is -0.342 e. The van der Waals surface area contributed by atoms with Crippen molar-refractivity contribution >= 4 is 5.91 Å². The van der Waals surface area contributed by atoms with E-state index in [-0.39, 0.29) is 5.41 Å². The van der Waals surface area contributed by atoms with Crippen LogP contribution >= 0.6 is 0 Å². The van der Waals surface area contributed by atoms with E-state index in [0.717, 1.165) is 65.1 Å². The molecule has 20 heavy (non-hydrogen) atoms. The van der Waals surface area contributed by atoms with Crippen LogP contribution in [0.5, 0.6) is 0 Å². The third-order valence-corrected chi connectivity index (χ3v) is 4.84. The Balaban J connectivity index is 2.50. The Morgan fingerprint density at radius 1 is 1.10 bits per heavy atom. The molecule has 1 aliphatic heterocycles. The number of hydrogen-bond acceptors (Lipinski definition) is 3. The van der Waals surface area contributed by atoms with E-state index in [2.05, 4.69) is 42.8 Å². The van der Waals surface area contributed by atoms with Crippen molar-refractivity contribution < 1.29 is 4.79 Å². The highest BCUT2D eigenvalue weighted by Gasteiger charge is 2.41. The molecule has 1 fully saturated rings. The maximum absolute atomic E-state index is 12.8. The molecule has 0 saturated carbocycles. The first-order chi connectivity index (χ1) is 9.63. The predicted molar refractivity (Wildman–Crippen MR) is 84.9 cm³/mol. The number of hydrogen-bond donors (Lipinski definition) is 1. The van der Waals surface area contributed by atoms with Crippen LogP contribution in [0.4, 0.5) is 0 Å². The Morgan fingerprint density at radius 2 is 1.80 bits per heavy atom. The summed E-state index contributed by atoms with van der Waals surface area (Å²) in [6, 6.07) is 0. The quantitative estimate of drug-likeness (QED) is 0.702. The minimum atomic E-state index is -0.134. The first kappa shape index (κ1) is 17.4. The summed E-state index contributed by atoms with van der Waals surface area (Å²) in [6.45, 7) is 15.5. The summed E-state index contributed by atoms with van der Waals surface area (Å²) < 4.78 is 0.